The van der Waals surface area contributed by atoms with Crippen LogP contribution in [0.1, 0.15) is 27.1 Å². The molecule has 2 heterocycles. The Morgan fingerprint density at radius 1 is 1.29 bits per heavy atom. The van der Waals surface area contributed by atoms with Gasteiger partial charge >= 0.3 is 0 Å². The van der Waals surface area contributed by atoms with Gasteiger partial charge in [0.2, 0.25) is 0 Å². The molecule has 0 aliphatic heterocycles. The molecule has 1 unspecified atom stereocenters. The van der Waals surface area contributed by atoms with Crippen molar-refractivity contribution in [3.63, 3.8) is 0 Å². The third kappa shape index (κ3) is 1.87. The zero-order valence-corrected chi connectivity index (χ0v) is 9.78. The lowest BCUT2D eigenvalue weighted by atomic mass is 10.2. The molecule has 2 aromatic heterocycles. The second kappa shape index (κ2) is 3.81. The van der Waals surface area contributed by atoms with Gasteiger partial charge in [-0.1, -0.05) is 0 Å². The first-order chi connectivity index (χ1) is 6.66. The molecule has 2 N–H and O–H groups in total. The highest BCUT2D eigenvalue weighted by molar-refractivity contribution is 7.10. The first-order valence-electron chi connectivity index (χ1n) is 4.40. The Bertz CT molecular complexity index is 391. The van der Waals surface area contributed by atoms with Crippen molar-refractivity contribution in [2.75, 3.05) is 0 Å². The van der Waals surface area contributed by atoms with Crippen molar-refractivity contribution in [3.8, 4) is 0 Å². The van der Waals surface area contributed by atoms with Crippen LogP contribution in [0.25, 0.3) is 0 Å². The van der Waals surface area contributed by atoms with Gasteiger partial charge in [-0.25, -0.2) is 0 Å². The summed E-state index contributed by atoms with van der Waals surface area (Å²) in [6.07, 6.45) is 0. The van der Waals surface area contributed by atoms with Crippen molar-refractivity contribution >= 4 is 22.9 Å². The van der Waals surface area contributed by atoms with Crippen LogP contribution in [0, 0.1) is 13.8 Å². The number of hydrogen-bond acceptors (Lipinski definition) is 4. The Morgan fingerprint density at radius 3 is 2.57 bits per heavy atom. The van der Waals surface area contributed by atoms with Crippen LogP contribution < -0.4 is 5.73 Å². The van der Waals surface area contributed by atoms with Gasteiger partial charge < -0.3 is 5.73 Å². The van der Waals surface area contributed by atoms with E-state index in [1.807, 2.05) is 6.92 Å². The molecule has 0 aliphatic rings. The van der Waals surface area contributed by atoms with Crippen LogP contribution in [0.15, 0.2) is 17.5 Å². The topological polar surface area (TPSA) is 38.9 Å². The zero-order chi connectivity index (χ0) is 10.1. The third-order valence-electron chi connectivity index (χ3n) is 2.01. The van der Waals surface area contributed by atoms with E-state index in [4.69, 9.17) is 5.73 Å². The van der Waals surface area contributed by atoms with Gasteiger partial charge in [0.1, 0.15) is 0 Å². The minimum absolute atomic E-state index is 0.0000926. The monoisotopic (exact) mass is 224 g/mol. The summed E-state index contributed by atoms with van der Waals surface area (Å²) in [5.41, 5.74) is 8.45. The van der Waals surface area contributed by atoms with Crippen LogP contribution >= 0.6 is 22.9 Å². The summed E-state index contributed by atoms with van der Waals surface area (Å²) >= 11 is 3.21. The number of aromatic nitrogens is 1. The average Bonchev–Trinajstić information content (AvgIpc) is 2.73. The van der Waals surface area contributed by atoms with E-state index in [0.717, 1.165) is 10.6 Å². The maximum Gasteiger partial charge on any atom is 0.0756 e. The largest absolute Gasteiger partial charge is 0.319 e. The number of thiophene rings is 1. The van der Waals surface area contributed by atoms with Crippen LogP contribution in [-0.4, -0.2) is 4.37 Å². The van der Waals surface area contributed by atoms with E-state index in [0.29, 0.717) is 0 Å². The van der Waals surface area contributed by atoms with E-state index in [-0.39, 0.29) is 6.04 Å². The Kier molecular flexibility index (Phi) is 2.67. The minimum atomic E-state index is -0.0000926. The highest BCUT2D eigenvalue weighted by Gasteiger charge is 2.13. The van der Waals surface area contributed by atoms with E-state index in [9.17, 15) is 0 Å². The molecule has 0 aromatic carbocycles. The quantitative estimate of drug-likeness (QED) is 0.852. The molecule has 74 valence electrons. The Morgan fingerprint density at radius 2 is 2.07 bits per heavy atom. The van der Waals surface area contributed by atoms with Gasteiger partial charge in [0.05, 0.1) is 11.7 Å². The zero-order valence-electron chi connectivity index (χ0n) is 8.15. The number of nitrogens with two attached hydrogens (primary N) is 1. The lowest BCUT2D eigenvalue weighted by Crippen LogP contribution is -2.08. The van der Waals surface area contributed by atoms with Crippen LogP contribution in [-0.2, 0) is 0 Å². The maximum atomic E-state index is 6.12. The van der Waals surface area contributed by atoms with Crippen molar-refractivity contribution in [1.29, 1.82) is 0 Å². The molecular weight excluding hydrogens is 212 g/mol. The number of aryl methyl sites for hydroxylation is 2. The average molecular weight is 224 g/mol. The molecule has 0 amide bonds. The highest BCUT2D eigenvalue weighted by Crippen LogP contribution is 2.28. The molecule has 1 atom stereocenters. The van der Waals surface area contributed by atoms with Crippen molar-refractivity contribution in [1.82, 2.24) is 4.37 Å². The van der Waals surface area contributed by atoms with Crippen molar-refractivity contribution in [2.24, 2.45) is 5.73 Å². The van der Waals surface area contributed by atoms with Gasteiger partial charge in [-0.2, -0.15) is 4.37 Å². The SMILES string of the molecule is Cc1csc(C(N)c2cc(C)ns2)c1. The summed E-state index contributed by atoms with van der Waals surface area (Å²) in [5.74, 6) is 0. The normalized spacial score (nSPS) is 13.1. The summed E-state index contributed by atoms with van der Waals surface area (Å²) < 4.78 is 4.24. The third-order valence-corrected chi connectivity index (χ3v) is 4.11. The second-order valence-corrected chi connectivity index (χ2v) is 5.15. The second-order valence-electron chi connectivity index (χ2n) is 3.37. The molecule has 0 aliphatic carbocycles. The van der Waals surface area contributed by atoms with Crippen molar-refractivity contribution in [3.05, 3.63) is 38.5 Å². The van der Waals surface area contributed by atoms with Crippen LogP contribution in [0.5, 0.6) is 0 Å². The number of rotatable bonds is 2. The molecule has 2 aromatic rings. The molecule has 0 saturated carbocycles. The fraction of sp³-hybridized carbons (Fsp3) is 0.300. The fourth-order valence-corrected chi connectivity index (χ4v) is 3.04. The fourth-order valence-electron chi connectivity index (χ4n) is 1.29. The summed E-state index contributed by atoms with van der Waals surface area (Å²) in [5, 5.41) is 2.13. The highest BCUT2D eigenvalue weighted by atomic mass is 32.1. The van der Waals surface area contributed by atoms with Gasteiger partial charge in [-0.05, 0) is 48.5 Å². The van der Waals surface area contributed by atoms with Gasteiger partial charge in [0.15, 0.2) is 0 Å². The van der Waals surface area contributed by atoms with Gasteiger partial charge in [-0.15, -0.1) is 11.3 Å². The van der Waals surface area contributed by atoms with Crippen LogP contribution in [0.4, 0.5) is 0 Å². The number of hydrogen-bond donors (Lipinski definition) is 1. The molecule has 14 heavy (non-hydrogen) atoms. The van der Waals surface area contributed by atoms with E-state index < -0.39 is 0 Å². The van der Waals surface area contributed by atoms with E-state index in [1.165, 1.54) is 22.0 Å². The van der Waals surface area contributed by atoms with Crippen LogP contribution in [0.3, 0.4) is 0 Å². The van der Waals surface area contributed by atoms with Crippen molar-refractivity contribution < 1.29 is 0 Å². The van der Waals surface area contributed by atoms with Crippen LogP contribution in [0.2, 0.25) is 0 Å². The van der Waals surface area contributed by atoms with Gasteiger partial charge in [-0.3, -0.25) is 0 Å². The maximum absolute atomic E-state index is 6.12. The predicted molar refractivity (Wildman–Crippen MR) is 61.9 cm³/mol. The molecule has 0 radical (unpaired) electrons. The molecule has 2 rings (SSSR count). The van der Waals surface area contributed by atoms with E-state index >= 15 is 0 Å². The molecule has 2 nitrogen and oxygen atoms in total. The summed E-state index contributed by atoms with van der Waals surface area (Å²) in [4.78, 5) is 2.36. The first kappa shape index (κ1) is 9.83. The standard InChI is InChI=1S/C10H12N2S2/c1-6-3-8(13-5-6)10(11)9-4-7(2)12-14-9/h3-5,10H,11H2,1-2H3. The van der Waals surface area contributed by atoms with E-state index in [2.05, 4.69) is 28.8 Å². The Labute approximate surface area is 91.6 Å². The Hall–Kier alpha value is -0.710. The summed E-state index contributed by atoms with van der Waals surface area (Å²) in [7, 11) is 0. The molecule has 0 saturated heterocycles. The van der Waals surface area contributed by atoms with E-state index in [1.54, 1.807) is 11.3 Å². The van der Waals surface area contributed by atoms with Crippen molar-refractivity contribution in [2.45, 2.75) is 19.9 Å². The molecule has 0 spiro atoms. The lowest BCUT2D eigenvalue weighted by molar-refractivity contribution is 0.915. The minimum Gasteiger partial charge on any atom is -0.319 e. The molecule has 4 heteroatoms. The molecule has 0 fully saturated rings. The Balaban J connectivity index is 2.28. The number of nitrogens with zero attached hydrogens (tertiary/aromatic N) is 1. The molecule has 0 bridgehead atoms. The van der Waals surface area contributed by atoms with Gasteiger partial charge in [0, 0.05) is 9.75 Å². The summed E-state index contributed by atoms with van der Waals surface area (Å²) in [6, 6.07) is 4.20. The smallest absolute Gasteiger partial charge is 0.0756 e. The van der Waals surface area contributed by atoms with Gasteiger partial charge in [0.25, 0.3) is 0 Å². The first-order valence-corrected chi connectivity index (χ1v) is 6.06. The molecular formula is C10H12N2S2. The predicted octanol–water partition coefficient (Wildman–Crippen LogP) is 2.87. The summed E-state index contributed by atoms with van der Waals surface area (Å²) in [6.45, 7) is 4.08. The lowest BCUT2D eigenvalue weighted by Gasteiger charge is -2.04.